The maximum atomic E-state index is 12.8. The molecule has 1 rings (SSSR count). The SMILES string of the molecule is Cc1cc(C(=O)O)c(C(=O)O)nc1F. The smallest absolute Gasteiger partial charge is 0.355 e. The Morgan fingerprint density at radius 1 is 1.36 bits per heavy atom. The highest BCUT2D eigenvalue weighted by Gasteiger charge is 2.19. The van der Waals surface area contributed by atoms with Crippen LogP contribution in [0.5, 0.6) is 0 Å². The summed E-state index contributed by atoms with van der Waals surface area (Å²) in [6.07, 6.45) is 0. The van der Waals surface area contributed by atoms with E-state index >= 15 is 0 Å². The minimum absolute atomic E-state index is 0.00704. The predicted molar refractivity (Wildman–Crippen MR) is 42.9 cm³/mol. The third-order valence-corrected chi connectivity index (χ3v) is 1.58. The van der Waals surface area contributed by atoms with E-state index in [1.807, 2.05) is 0 Å². The number of hydrogen-bond acceptors (Lipinski definition) is 3. The van der Waals surface area contributed by atoms with E-state index < -0.39 is 29.1 Å². The van der Waals surface area contributed by atoms with Crippen LogP contribution in [0, 0.1) is 12.9 Å². The average molecular weight is 199 g/mol. The lowest BCUT2D eigenvalue weighted by Crippen LogP contribution is -2.12. The Kier molecular flexibility index (Phi) is 2.46. The largest absolute Gasteiger partial charge is 0.478 e. The van der Waals surface area contributed by atoms with E-state index in [1.54, 1.807) is 0 Å². The Balaban J connectivity index is 3.46. The molecule has 0 aliphatic carbocycles. The molecule has 0 saturated heterocycles. The Morgan fingerprint density at radius 2 is 1.93 bits per heavy atom. The lowest BCUT2D eigenvalue weighted by Gasteiger charge is -2.02. The van der Waals surface area contributed by atoms with Gasteiger partial charge >= 0.3 is 11.9 Å². The number of aromatic carboxylic acids is 2. The molecule has 0 fully saturated rings. The molecule has 0 bridgehead atoms. The van der Waals surface area contributed by atoms with Crippen molar-refractivity contribution in [2.45, 2.75) is 6.92 Å². The van der Waals surface area contributed by atoms with E-state index in [1.165, 1.54) is 6.92 Å². The number of halogens is 1. The van der Waals surface area contributed by atoms with E-state index in [0.717, 1.165) is 6.07 Å². The van der Waals surface area contributed by atoms with E-state index in [-0.39, 0.29) is 5.56 Å². The van der Waals surface area contributed by atoms with Crippen molar-refractivity contribution in [2.75, 3.05) is 0 Å². The van der Waals surface area contributed by atoms with Gasteiger partial charge in [0.25, 0.3) is 0 Å². The number of pyridine rings is 1. The number of aromatic nitrogens is 1. The van der Waals surface area contributed by atoms with Crippen LogP contribution in [0.4, 0.5) is 4.39 Å². The average Bonchev–Trinajstić information content (AvgIpc) is 2.08. The highest BCUT2D eigenvalue weighted by molar-refractivity contribution is 6.00. The maximum Gasteiger partial charge on any atom is 0.355 e. The number of carboxylic acid groups (broad SMARTS) is 2. The molecule has 0 amide bonds. The monoisotopic (exact) mass is 199 g/mol. The molecule has 2 N–H and O–H groups in total. The van der Waals surface area contributed by atoms with Crippen LogP contribution in [0.25, 0.3) is 0 Å². The minimum Gasteiger partial charge on any atom is -0.478 e. The second-order valence-corrected chi connectivity index (χ2v) is 2.60. The van der Waals surface area contributed by atoms with Gasteiger partial charge in [0.15, 0.2) is 5.69 Å². The Hall–Kier alpha value is -1.98. The van der Waals surface area contributed by atoms with Crippen LogP contribution in [0.3, 0.4) is 0 Å². The molecule has 0 aliphatic heterocycles. The fourth-order valence-corrected chi connectivity index (χ4v) is 0.917. The molecule has 0 spiro atoms. The highest BCUT2D eigenvalue weighted by atomic mass is 19.1. The summed E-state index contributed by atoms with van der Waals surface area (Å²) in [6.45, 7) is 1.31. The van der Waals surface area contributed by atoms with Crippen molar-refractivity contribution in [3.05, 3.63) is 28.8 Å². The lowest BCUT2D eigenvalue weighted by atomic mass is 10.1. The van der Waals surface area contributed by atoms with Gasteiger partial charge < -0.3 is 10.2 Å². The second kappa shape index (κ2) is 3.41. The third-order valence-electron chi connectivity index (χ3n) is 1.58. The van der Waals surface area contributed by atoms with Crippen LogP contribution in [-0.2, 0) is 0 Å². The van der Waals surface area contributed by atoms with Crippen LogP contribution >= 0.6 is 0 Å². The first-order chi connectivity index (χ1) is 6.43. The molecule has 1 heterocycles. The molecule has 0 aromatic carbocycles. The first-order valence-electron chi connectivity index (χ1n) is 3.57. The van der Waals surface area contributed by atoms with E-state index in [4.69, 9.17) is 10.2 Å². The summed E-state index contributed by atoms with van der Waals surface area (Å²) in [7, 11) is 0. The zero-order valence-electron chi connectivity index (χ0n) is 7.11. The van der Waals surface area contributed by atoms with Crippen molar-refractivity contribution in [3.8, 4) is 0 Å². The van der Waals surface area contributed by atoms with Crippen molar-refractivity contribution in [3.63, 3.8) is 0 Å². The summed E-state index contributed by atoms with van der Waals surface area (Å²) in [5.41, 5.74) is -1.32. The van der Waals surface area contributed by atoms with Crippen LogP contribution < -0.4 is 0 Å². The van der Waals surface area contributed by atoms with Gasteiger partial charge in [-0.25, -0.2) is 14.6 Å². The number of aryl methyl sites for hydroxylation is 1. The summed E-state index contributed by atoms with van der Waals surface area (Å²) < 4.78 is 12.8. The maximum absolute atomic E-state index is 12.8. The molecule has 0 atom stereocenters. The number of nitrogens with zero attached hydrogens (tertiary/aromatic N) is 1. The van der Waals surface area contributed by atoms with Gasteiger partial charge in [0.05, 0.1) is 5.56 Å². The normalized spacial score (nSPS) is 9.86. The van der Waals surface area contributed by atoms with Crippen LogP contribution in [-0.4, -0.2) is 27.1 Å². The molecular weight excluding hydrogens is 193 g/mol. The Bertz CT molecular complexity index is 377. The molecule has 1 aromatic rings. The Labute approximate surface area is 77.8 Å². The van der Waals surface area contributed by atoms with Crippen molar-refractivity contribution < 1.29 is 24.2 Å². The molecule has 0 aliphatic rings. The second-order valence-electron chi connectivity index (χ2n) is 2.60. The van der Waals surface area contributed by atoms with Crippen molar-refractivity contribution in [2.24, 2.45) is 0 Å². The van der Waals surface area contributed by atoms with Gasteiger partial charge in [-0.3, -0.25) is 0 Å². The first kappa shape index (κ1) is 10.1. The predicted octanol–water partition coefficient (Wildman–Crippen LogP) is 0.926. The highest BCUT2D eigenvalue weighted by Crippen LogP contribution is 2.11. The molecule has 5 nitrogen and oxygen atoms in total. The van der Waals surface area contributed by atoms with Gasteiger partial charge in [-0.05, 0) is 13.0 Å². The van der Waals surface area contributed by atoms with Crippen LogP contribution in [0.2, 0.25) is 0 Å². The molecular formula is C8H6FNO4. The van der Waals surface area contributed by atoms with Gasteiger partial charge in [-0.15, -0.1) is 0 Å². The molecule has 74 valence electrons. The first-order valence-corrected chi connectivity index (χ1v) is 3.57. The summed E-state index contributed by atoms with van der Waals surface area (Å²) >= 11 is 0. The fraction of sp³-hybridized carbons (Fsp3) is 0.125. The van der Waals surface area contributed by atoms with E-state index in [2.05, 4.69) is 4.98 Å². The van der Waals surface area contributed by atoms with Crippen LogP contribution in [0.15, 0.2) is 6.07 Å². The summed E-state index contributed by atoms with van der Waals surface area (Å²) in [5.74, 6) is -3.99. The molecule has 0 radical (unpaired) electrons. The molecule has 14 heavy (non-hydrogen) atoms. The van der Waals surface area contributed by atoms with Gasteiger partial charge in [-0.2, -0.15) is 4.39 Å². The van der Waals surface area contributed by atoms with Crippen LogP contribution in [0.1, 0.15) is 26.4 Å². The fourth-order valence-electron chi connectivity index (χ4n) is 0.917. The Morgan fingerprint density at radius 3 is 2.36 bits per heavy atom. The van der Waals surface area contributed by atoms with Crippen molar-refractivity contribution >= 4 is 11.9 Å². The van der Waals surface area contributed by atoms with Gasteiger partial charge in [0.2, 0.25) is 5.95 Å². The number of carbonyl (C=O) groups is 2. The quantitative estimate of drug-likeness (QED) is 0.691. The standard InChI is InChI=1S/C8H6FNO4/c1-3-2-4(7(11)12)5(8(13)14)10-6(3)9/h2H,1H3,(H,11,12)(H,13,14). The van der Waals surface area contributed by atoms with E-state index in [0.29, 0.717) is 0 Å². The molecule has 0 saturated carbocycles. The zero-order chi connectivity index (χ0) is 10.9. The number of hydrogen-bond donors (Lipinski definition) is 2. The van der Waals surface area contributed by atoms with Gasteiger partial charge in [-0.1, -0.05) is 0 Å². The summed E-state index contributed by atoms with van der Waals surface area (Å²) in [4.78, 5) is 24.1. The molecule has 0 unspecified atom stereocenters. The topological polar surface area (TPSA) is 87.5 Å². The van der Waals surface area contributed by atoms with Crippen molar-refractivity contribution in [1.29, 1.82) is 0 Å². The van der Waals surface area contributed by atoms with Crippen molar-refractivity contribution in [1.82, 2.24) is 4.98 Å². The molecule has 1 aromatic heterocycles. The minimum atomic E-state index is -1.57. The number of carboxylic acids is 2. The van der Waals surface area contributed by atoms with E-state index in [9.17, 15) is 14.0 Å². The van der Waals surface area contributed by atoms with Gasteiger partial charge in [0.1, 0.15) is 0 Å². The third kappa shape index (κ3) is 1.68. The summed E-state index contributed by atoms with van der Waals surface area (Å²) in [6, 6.07) is 0.939. The molecule has 6 heteroatoms. The summed E-state index contributed by atoms with van der Waals surface area (Å²) in [5, 5.41) is 17.1. The lowest BCUT2D eigenvalue weighted by molar-refractivity contribution is 0.0645. The number of rotatable bonds is 2. The zero-order valence-corrected chi connectivity index (χ0v) is 7.11. The van der Waals surface area contributed by atoms with Gasteiger partial charge in [0, 0.05) is 5.56 Å².